The quantitative estimate of drug-likeness (QED) is 0.727. The number of rotatable bonds is 5. The first-order valence-corrected chi connectivity index (χ1v) is 6.58. The van der Waals surface area contributed by atoms with Crippen molar-refractivity contribution in [1.82, 2.24) is 0 Å². The molecule has 0 aliphatic carbocycles. The Morgan fingerprint density at radius 3 is 2.20 bits per heavy atom. The van der Waals surface area contributed by atoms with Crippen LogP contribution in [-0.2, 0) is 4.79 Å². The van der Waals surface area contributed by atoms with Crippen LogP contribution in [0.15, 0.2) is 30.3 Å². The first kappa shape index (κ1) is 11.5. The van der Waals surface area contributed by atoms with Crippen molar-refractivity contribution in [2.75, 3.05) is 0 Å². The van der Waals surface area contributed by atoms with Crippen molar-refractivity contribution in [2.45, 2.75) is 12.5 Å². The van der Waals surface area contributed by atoms with Crippen molar-refractivity contribution in [3.63, 3.8) is 0 Å². The van der Waals surface area contributed by atoms with E-state index in [0.29, 0.717) is 0 Å². The predicted molar refractivity (Wildman–Crippen MR) is 58.3 cm³/mol. The van der Waals surface area contributed by atoms with Crippen molar-refractivity contribution in [2.24, 2.45) is 0 Å². The van der Waals surface area contributed by atoms with E-state index in [-0.39, 0.29) is 12.5 Å². The van der Waals surface area contributed by atoms with Crippen LogP contribution >= 0.6 is 0 Å². The lowest BCUT2D eigenvalue weighted by atomic mass is 10.4. The molecule has 15 heavy (non-hydrogen) atoms. The van der Waals surface area contributed by atoms with Gasteiger partial charge in [-0.1, -0.05) is 35.5 Å². The van der Waals surface area contributed by atoms with E-state index >= 15 is 0 Å². The molecule has 5 heteroatoms. The van der Waals surface area contributed by atoms with Crippen molar-refractivity contribution in [3.05, 3.63) is 30.3 Å². The molecule has 1 aromatic rings. The second-order valence-corrected chi connectivity index (χ2v) is 6.08. The van der Waals surface area contributed by atoms with Crippen molar-refractivity contribution in [1.29, 1.82) is 0 Å². The molecule has 4 nitrogen and oxygen atoms in total. The highest BCUT2D eigenvalue weighted by atomic mass is 28.3. The highest BCUT2D eigenvalue weighted by molar-refractivity contribution is 6.98. The van der Waals surface area contributed by atoms with Gasteiger partial charge in [-0.2, -0.15) is 0 Å². The molecular formula is C10H12O4Si. The smallest absolute Gasteiger partial charge is 0.303 e. The van der Waals surface area contributed by atoms with Crippen LogP contribution in [0.3, 0.4) is 0 Å². The van der Waals surface area contributed by atoms with E-state index in [1.54, 1.807) is 24.3 Å². The zero-order valence-electron chi connectivity index (χ0n) is 8.09. The Kier molecular flexibility index (Phi) is 4.05. The minimum Gasteiger partial charge on any atom is -0.486 e. The Balaban J connectivity index is 2.75. The van der Waals surface area contributed by atoms with Crippen molar-refractivity contribution in [3.8, 4) is 0 Å². The monoisotopic (exact) mass is 224 g/mol. The minimum absolute atomic E-state index is 0.0713. The summed E-state index contributed by atoms with van der Waals surface area (Å²) in [7, 11) is -2.19. The summed E-state index contributed by atoms with van der Waals surface area (Å²) >= 11 is 0. The van der Waals surface area contributed by atoms with Gasteiger partial charge in [0.25, 0.3) is 5.59 Å². The van der Waals surface area contributed by atoms with Crippen LogP contribution in [0.5, 0.6) is 0 Å². The fourth-order valence-electron chi connectivity index (χ4n) is 1.39. The van der Waals surface area contributed by atoms with E-state index in [2.05, 4.69) is 0 Å². The molecule has 1 rings (SSSR count). The van der Waals surface area contributed by atoms with Gasteiger partial charge in [-0.15, -0.1) is 0 Å². The first-order valence-electron chi connectivity index (χ1n) is 4.61. The third-order valence-electron chi connectivity index (χ3n) is 2.15. The normalized spacial score (nSPS) is 12.0. The second kappa shape index (κ2) is 5.31. The van der Waals surface area contributed by atoms with Gasteiger partial charge in [0.2, 0.25) is 8.80 Å². The molecule has 1 atom stereocenters. The Labute approximate surface area is 88.8 Å². The first-order chi connectivity index (χ1) is 7.11. The van der Waals surface area contributed by atoms with Gasteiger partial charge >= 0.3 is 5.97 Å². The average Bonchev–Trinajstić information content (AvgIpc) is 2.18. The molecule has 0 aliphatic rings. The molecule has 0 bridgehead atoms. The Morgan fingerprint density at radius 1 is 1.13 bits per heavy atom. The van der Waals surface area contributed by atoms with Crippen LogP contribution < -0.4 is 5.19 Å². The maximum atomic E-state index is 11.0. The number of hydrogen-bond acceptors (Lipinski definition) is 2. The molecule has 1 aromatic carbocycles. The third-order valence-corrected chi connectivity index (χ3v) is 4.80. The van der Waals surface area contributed by atoms with Gasteiger partial charge in [0, 0.05) is 6.42 Å². The summed E-state index contributed by atoms with van der Waals surface area (Å²) in [6, 6.07) is 9.14. The number of aliphatic carboxylic acids is 1. The number of benzene rings is 1. The van der Waals surface area contributed by atoms with Crippen LogP contribution in [0.4, 0.5) is 4.79 Å². The van der Waals surface area contributed by atoms with Crippen LogP contribution in [0, 0.1) is 0 Å². The van der Waals surface area contributed by atoms with E-state index < -0.39 is 20.4 Å². The van der Waals surface area contributed by atoms with Gasteiger partial charge in [-0.25, -0.2) is 0 Å². The van der Waals surface area contributed by atoms with Gasteiger partial charge in [-0.3, -0.25) is 9.59 Å². The van der Waals surface area contributed by atoms with E-state index in [9.17, 15) is 9.59 Å². The maximum Gasteiger partial charge on any atom is 0.303 e. The SMILES string of the molecule is O=C(O)CC[SiH](C(=O)O)c1ccccc1. The fourth-order valence-corrected chi connectivity index (χ4v) is 3.47. The summed E-state index contributed by atoms with van der Waals surface area (Å²) in [6.07, 6.45) is -0.0713. The third kappa shape index (κ3) is 3.55. The molecule has 0 amide bonds. The summed E-state index contributed by atoms with van der Waals surface area (Å²) < 4.78 is 0. The number of carbonyl (C=O) groups is 2. The molecule has 0 radical (unpaired) electrons. The van der Waals surface area contributed by atoms with Crippen LogP contribution in [0.25, 0.3) is 0 Å². The average molecular weight is 224 g/mol. The minimum atomic E-state index is -2.19. The summed E-state index contributed by atoms with van der Waals surface area (Å²) in [4.78, 5) is 21.4. The standard InChI is InChI=1S/C10H12O4Si/c11-9(12)6-7-15(10(13)14)8-4-2-1-3-5-8/h1-5,15H,6-7H2,(H,11,12)(H,13,14). The van der Waals surface area contributed by atoms with Gasteiger partial charge < -0.3 is 10.2 Å². The molecular weight excluding hydrogens is 212 g/mol. The molecule has 1 unspecified atom stereocenters. The topological polar surface area (TPSA) is 74.6 Å². The van der Waals surface area contributed by atoms with E-state index in [1.165, 1.54) is 0 Å². The van der Waals surface area contributed by atoms with E-state index in [1.807, 2.05) is 6.07 Å². The molecule has 0 aromatic heterocycles. The van der Waals surface area contributed by atoms with Crippen molar-refractivity contribution < 1.29 is 19.8 Å². The molecule has 0 spiro atoms. The van der Waals surface area contributed by atoms with Crippen LogP contribution in [-0.4, -0.2) is 30.6 Å². The molecule has 0 saturated carbocycles. The van der Waals surface area contributed by atoms with Gasteiger partial charge in [-0.05, 0) is 6.04 Å². The largest absolute Gasteiger partial charge is 0.486 e. The Hall–Kier alpha value is -1.62. The summed E-state index contributed by atoms with van der Waals surface area (Å²) in [5.41, 5.74) is -0.845. The highest BCUT2D eigenvalue weighted by Gasteiger charge is 2.22. The molecule has 0 saturated heterocycles. The van der Waals surface area contributed by atoms with Gasteiger partial charge in [0.1, 0.15) is 0 Å². The molecule has 2 N–H and O–H groups in total. The highest BCUT2D eigenvalue weighted by Crippen LogP contribution is 2.01. The van der Waals surface area contributed by atoms with Crippen molar-refractivity contribution >= 4 is 25.5 Å². The second-order valence-electron chi connectivity index (χ2n) is 3.23. The zero-order valence-corrected chi connectivity index (χ0v) is 9.24. The Morgan fingerprint density at radius 2 is 1.73 bits per heavy atom. The van der Waals surface area contributed by atoms with E-state index in [4.69, 9.17) is 10.2 Å². The fraction of sp³-hybridized carbons (Fsp3) is 0.200. The maximum absolute atomic E-state index is 11.0. The summed E-state index contributed by atoms with van der Waals surface area (Å²) in [6.45, 7) is 0. The van der Waals surface area contributed by atoms with E-state index in [0.717, 1.165) is 5.19 Å². The zero-order chi connectivity index (χ0) is 11.3. The van der Waals surface area contributed by atoms with Crippen LogP contribution in [0.1, 0.15) is 6.42 Å². The molecule has 0 heterocycles. The van der Waals surface area contributed by atoms with Crippen LogP contribution in [0.2, 0.25) is 6.04 Å². The molecule has 80 valence electrons. The summed E-state index contributed by atoms with van der Waals surface area (Å²) in [5, 5.41) is 18.3. The van der Waals surface area contributed by atoms with Gasteiger partial charge in [0.05, 0.1) is 0 Å². The Bertz CT molecular complexity index is 350. The molecule has 0 aliphatic heterocycles. The number of hydrogen-bond donors (Lipinski definition) is 2. The predicted octanol–water partition coefficient (Wildman–Crippen LogP) is 0.855. The molecule has 0 fully saturated rings. The number of carboxylic acid groups (broad SMARTS) is 2. The summed E-state index contributed by atoms with van der Waals surface area (Å²) in [5.74, 6) is -0.940. The lowest BCUT2D eigenvalue weighted by molar-refractivity contribution is -0.136. The number of carboxylic acids is 1. The lowest BCUT2D eigenvalue weighted by Gasteiger charge is -2.08. The lowest BCUT2D eigenvalue weighted by Crippen LogP contribution is -2.38. The van der Waals surface area contributed by atoms with Gasteiger partial charge in [0.15, 0.2) is 0 Å².